The standard InChI is InChI=1S/C14H18O4/c1-15-11-16-10-14-13(7-8-17-14)18-9-12-5-3-2-4-6-12/h2-8,13-14H,9-11H2,1H3/t13-,14+/m0/s1. The molecule has 0 saturated carbocycles. The summed E-state index contributed by atoms with van der Waals surface area (Å²) in [5.41, 5.74) is 1.15. The summed E-state index contributed by atoms with van der Waals surface area (Å²) in [6.07, 6.45) is 3.41. The molecule has 0 bridgehead atoms. The van der Waals surface area contributed by atoms with E-state index in [9.17, 15) is 0 Å². The van der Waals surface area contributed by atoms with Gasteiger partial charge in [0.25, 0.3) is 0 Å². The fourth-order valence-electron chi connectivity index (χ4n) is 1.74. The van der Waals surface area contributed by atoms with Gasteiger partial charge in [-0.3, -0.25) is 0 Å². The van der Waals surface area contributed by atoms with Gasteiger partial charge in [0.05, 0.1) is 19.5 Å². The Kier molecular flexibility index (Phi) is 5.20. The van der Waals surface area contributed by atoms with Crippen LogP contribution in [-0.2, 0) is 25.6 Å². The van der Waals surface area contributed by atoms with Gasteiger partial charge in [-0.15, -0.1) is 0 Å². The van der Waals surface area contributed by atoms with E-state index in [1.165, 1.54) is 0 Å². The molecule has 4 nitrogen and oxygen atoms in total. The molecular formula is C14H18O4. The van der Waals surface area contributed by atoms with E-state index in [0.29, 0.717) is 13.2 Å². The molecule has 0 aromatic heterocycles. The van der Waals surface area contributed by atoms with Gasteiger partial charge in [-0.1, -0.05) is 30.3 Å². The molecule has 0 saturated heterocycles. The van der Waals surface area contributed by atoms with Crippen LogP contribution < -0.4 is 0 Å². The molecule has 0 fully saturated rings. The number of benzene rings is 1. The van der Waals surface area contributed by atoms with Crippen molar-refractivity contribution in [3.05, 3.63) is 48.2 Å². The molecule has 2 atom stereocenters. The topological polar surface area (TPSA) is 36.9 Å². The second-order valence-electron chi connectivity index (χ2n) is 4.04. The average molecular weight is 250 g/mol. The first-order valence-corrected chi connectivity index (χ1v) is 5.94. The quantitative estimate of drug-likeness (QED) is 0.548. The Balaban J connectivity index is 1.75. The highest BCUT2D eigenvalue weighted by atomic mass is 16.7. The van der Waals surface area contributed by atoms with Crippen molar-refractivity contribution in [2.75, 3.05) is 20.5 Å². The van der Waals surface area contributed by atoms with Crippen LogP contribution in [0.3, 0.4) is 0 Å². The molecule has 1 aliphatic heterocycles. The van der Waals surface area contributed by atoms with Crippen LogP contribution in [0.4, 0.5) is 0 Å². The first kappa shape index (κ1) is 13.1. The Morgan fingerprint density at radius 3 is 2.83 bits per heavy atom. The summed E-state index contributed by atoms with van der Waals surface area (Å²) in [5, 5.41) is 0. The first-order chi connectivity index (χ1) is 8.90. The van der Waals surface area contributed by atoms with Crippen molar-refractivity contribution in [3.63, 3.8) is 0 Å². The zero-order valence-corrected chi connectivity index (χ0v) is 10.5. The van der Waals surface area contributed by atoms with Crippen LogP contribution in [0, 0.1) is 0 Å². The third kappa shape index (κ3) is 3.84. The molecule has 98 valence electrons. The fourth-order valence-corrected chi connectivity index (χ4v) is 1.74. The van der Waals surface area contributed by atoms with Crippen molar-refractivity contribution in [1.29, 1.82) is 0 Å². The third-order valence-electron chi connectivity index (χ3n) is 2.66. The molecule has 0 radical (unpaired) electrons. The van der Waals surface area contributed by atoms with Crippen LogP contribution in [0.15, 0.2) is 42.7 Å². The van der Waals surface area contributed by atoms with E-state index in [2.05, 4.69) is 0 Å². The Morgan fingerprint density at radius 2 is 2.06 bits per heavy atom. The van der Waals surface area contributed by atoms with Gasteiger partial charge in [-0.25, -0.2) is 0 Å². The van der Waals surface area contributed by atoms with Crippen LogP contribution in [0.2, 0.25) is 0 Å². The Bertz CT molecular complexity index is 363. The average Bonchev–Trinajstić information content (AvgIpc) is 2.86. The van der Waals surface area contributed by atoms with Crippen LogP contribution in [-0.4, -0.2) is 32.7 Å². The summed E-state index contributed by atoms with van der Waals surface area (Å²) in [7, 11) is 1.59. The zero-order valence-electron chi connectivity index (χ0n) is 10.5. The number of rotatable bonds is 7. The van der Waals surface area contributed by atoms with Crippen molar-refractivity contribution in [2.45, 2.75) is 18.8 Å². The minimum absolute atomic E-state index is 0.0675. The van der Waals surface area contributed by atoms with Gasteiger partial charge in [0.2, 0.25) is 0 Å². The lowest BCUT2D eigenvalue weighted by Crippen LogP contribution is -2.29. The first-order valence-electron chi connectivity index (χ1n) is 5.94. The van der Waals surface area contributed by atoms with Gasteiger partial charge >= 0.3 is 0 Å². The molecule has 2 rings (SSSR count). The van der Waals surface area contributed by atoms with Crippen molar-refractivity contribution in [3.8, 4) is 0 Å². The Hall–Kier alpha value is -1.36. The lowest BCUT2D eigenvalue weighted by atomic mass is 10.2. The number of hydrogen-bond donors (Lipinski definition) is 0. The second kappa shape index (κ2) is 7.16. The normalized spacial score (nSPS) is 22.1. The van der Waals surface area contributed by atoms with Crippen LogP contribution in [0.5, 0.6) is 0 Å². The van der Waals surface area contributed by atoms with Crippen LogP contribution in [0.1, 0.15) is 5.56 Å². The molecule has 1 aromatic carbocycles. The predicted molar refractivity (Wildman–Crippen MR) is 66.9 cm³/mol. The van der Waals surface area contributed by atoms with Crippen LogP contribution >= 0.6 is 0 Å². The molecule has 0 aliphatic carbocycles. The summed E-state index contributed by atoms with van der Waals surface area (Å²) in [6, 6.07) is 10.1. The Labute approximate surface area is 107 Å². The van der Waals surface area contributed by atoms with Crippen molar-refractivity contribution in [2.24, 2.45) is 0 Å². The lowest BCUT2D eigenvalue weighted by Gasteiger charge is -2.19. The minimum Gasteiger partial charge on any atom is -0.493 e. The summed E-state index contributed by atoms with van der Waals surface area (Å²) in [4.78, 5) is 0. The van der Waals surface area contributed by atoms with E-state index in [4.69, 9.17) is 18.9 Å². The molecule has 4 heteroatoms. The van der Waals surface area contributed by atoms with E-state index in [1.807, 2.05) is 36.4 Å². The number of ether oxygens (including phenoxy) is 4. The second-order valence-corrected chi connectivity index (χ2v) is 4.04. The molecule has 0 unspecified atom stereocenters. The maximum absolute atomic E-state index is 5.80. The molecule has 1 aromatic rings. The van der Waals surface area contributed by atoms with Gasteiger partial charge in [-0.05, 0) is 11.6 Å². The van der Waals surface area contributed by atoms with Crippen molar-refractivity contribution < 1.29 is 18.9 Å². The largest absolute Gasteiger partial charge is 0.493 e. The van der Waals surface area contributed by atoms with Gasteiger partial charge in [0, 0.05) is 7.11 Å². The van der Waals surface area contributed by atoms with Gasteiger partial charge in [-0.2, -0.15) is 0 Å². The zero-order chi connectivity index (χ0) is 12.6. The van der Waals surface area contributed by atoms with E-state index >= 15 is 0 Å². The van der Waals surface area contributed by atoms with Crippen LogP contribution in [0.25, 0.3) is 0 Å². The summed E-state index contributed by atoms with van der Waals surface area (Å²) in [5.74, 6) is 0. The molecule has 18 heavy (non-hydrogen) atoms. The summed E-state index contributed by atoms with van der Waals surface area (Å²) >= 11 is 0. The minimum atomic E-state index is -0.0936. The molecule has 0 spiro atoms. The molecule has 1 heterocycles. The van der Waals surface area contributed by atoms with Gasteiger partial charge in [0.1, 0.15) is 12.9 Å². The highest BCUT2D eigenvalue weighted by Gasteiger charge is 2.25. The maximum atomic E-state index is 5.80. The van der Waals surface area contributed by atoms with E-state index in [0.717, 1.165) is 5.56 Å². The molecule has 0 amide bonds. The Morgan fingerprint density at radius 1 is 1.22 bits per heavy atom. The fraction of sp³-hybridized carbons (Fsp3) is 0.429. The summed E-state index contributed by atoms with van der Waals surface area (Å²) in [6.45, 7) is 1.30. The van der Waals surface area contributed by atoms with E-state index < -0.39 is 0 Å². The third-order valence-corrected chi connectivity index (χ3v) is 2.66. The highest BCUT2D eigenvalue weighted by Crippen LogP contribution is 2.16. The lowest BCUT2D eigenvalue weighted by molar-refractivity contribution is -0.0894. The predicted octanol–water partition coefficient (Wildman–Crippen LogP) is 2.10. The maximum Gasteiger partial charge on any atom is 0.151 e. The molecular weight excluding hydrogens is 232 g/mol. The van der Waals surface area contributed by atoms with E-state index in [1.54, 1.807) is 13.4 Å². The van der Waals surface area contributed by atoms with Crippen molar-refractivity contribution >= 4 is 0 Å². The molecule has 1 aliphatic rings. The smallest absolute Gasteiger partial charge is 0.151 e. The SMILES string of the molecule is COCOC[C@H]1OC=C[C@@H]1OCc1ccccc1. The summed E-state index contributed by atoms with van der Waals surface area (Å²) < 4.78 is 21.3. The number of methoxy groups -OCH3 is 1. The molecule has 0 N–H and O–H groups in total. The van der Waals surface area contributed by atoms with Gasteiger partial charge in [0.15, 0.2) is 6.10 Å². The monoisotopic (exact) mass is 250 g/mol. The van der Waals surface area contributed by atoms with Crippen molar-refractivity contribution in [1.82, 2.24) is 0 Å². The highest BCUT2D eigenvalue weighted by molar-refractivity contribution is 5.13. The van der Waals surface area contributed by atoms with Gasteiger partial charge < -0.3 is 18.9 Å². The van der Waals surface area contributed by atoms with E-state index in [-0.39, 0.29) is 19.0 Å². The number of hydrogen-bond acceptors (Lipinski definition) is 4.